The van der Waals surface area contributed by atoms with Crippen molar-refractivity contribution < 1.29 is 9.90 Å². The minimum Gasteiger partial charge on any atom is -0.478 e. The number of thioether (sulfide) groups is 1. The zero-order valence-electron chi connectivity index (χ0n) is 11.5. The smallest absolute Gasteiger partial charge is 0.336 e. The maximum Gasteiger partial charge on any atom is 0.336 e. The van der Waals surface area contributed by atoms with Crippen LogP contribution in [0.3, 0.4) is 0 Å². The second kappa shape index (κ2) is 5.70. The highest BCUT2D eigenvalue weighted by Crippen LogP contribution is 2.27. The Labute approximate surface area is 117 Å². The summed E-state index contributed by atoms with van der Waals surface area (Å²) in [5.41, 5.74) is 2.60. The number of aryl methyl sites for hydroxylation is 1. The molecule has 4 heteroatoms. The Morgan fingerprint density at radius 1 is 1.42 bits per heavy atom. The van der Waals surface area contributed by atoms with Crippen molar-refractivity contribution in [1.29, 1.82) is 0 Å². The monoisotopic (exact) mass is 277 g/mol. The van der Waals surface area contributed by atoms with Gasteiger partial charge in [-0.2, -0.15) is 11.8 Å². The van der Waals surface area contributed by atoms with E-state index in [9.17, 15) is 9.90 Å². The number of benzene rings is 1. The lowest BCUT2D eigenvalue weighted by atomic mass is 10.1. The Hall–Kier alpha value is -1.42. The van der Waals surface area contributed by atoms with E-state index in [0.717, 1.165) is 23.2 Å². The Morgan fingerprint density at radius 3 is 2.74 bits per heavy atom. The summed E-state index contributed by atoms with van der Waals surface area (Å²) in [6, 6.07) is 7.51. The highest BCUT2D eigenvalue weighted by Gasteiger charge is 2.14. The van der Waals surface area contributed by atoms with Gasteiger partial charge in [0.1, 0.15) is 0 Å². The normalized spacial score (nSPS) is 11.4. The zero-order chi connectivity index (χ0) is 14.0. The number of rotatable bonds is 5. The van der Waals surface area contributed by atoms with Crippen molar-refractivity contribution in [1.82, 2.24) is 4.57 Å². The van der Waals surface area contributed by atoms with Crippen LogP contribution in [0.4, 0.5) is 0 Å². The van der Waals surface area contributed by atoms with Crippen molar-refractivity contribution in [2.45, 2.75) is 38.3 Å². The molecular formula is C15H19NO2S. The molecule has 0 spiro atoms. The third-order valence-electron chi connectivity index (χ3n) is 3.14. The van der Waals surface area contributed by atoms with Crippen LogP contribution in [0.25, 0.3) is 10.9 Å². The molecule has 0 bridgehead atoms. The van der Waals surface area contributed by atoms with E-state index >= 15 is 0 Å². The Balaban J connectivity index is 2.53. The van der Waals surface area contributed by atoms with Crippen molar-refractivity contribution in [3.05, 3.63) is 35.5 Å². The van der Waals surface area contributed by atoms with Gasteiger partial charge in [0.15, 0.2) is 0 Å². The molecule has 2 aromatic rings. The average molecular weight is 277 g/mol. The summed E-state index contributed by atoms with van der Waals surface area (Å²) in [6.07, 6.45) is 0. The number of fused-ring (bicyclic) bond motifs is 1. The van der Waals surface area contributed by atoms with Crippen molar-refractivity contribution >= 4 is 28.6 Å². The molecule has 0 atom stereocenters. The molecule has 1 aromatic heterocycles. The summed E-state index contributed by atoms with van der Waals surface area (Å²) in [5, 5.41) is 10.7. The highest BCUT2D eigenvalue weighted by molar-refractivity contribution is 7.99. The fraction of sp³-hybridized carbons (Fsp3) is 0.400. The van der Waals surface area contributed by atoms with Crippen LogP contribution < -0.4 is 0 Å². The molecule has 3 nitrogen and oxygen atoms in total. The molecule has 0 amide bonds. The van der Waals surface area contributed by atoms with E-state index < -0.39 is 5.97 Å². The third kappa shape index (κ3) is 2.78. The molecule has 0 aliphatic heterocycles. The van der Waals surface area contributed by atoms with Gasteiger partial charge in [-0.25, -0.2) is 4.79 Å². The van der Waals surface area contributed by atoms with Crippen LogP contribution in [-0.2, 0) is 12.3 Å². The second-order valence-corrected chi connectivity index (χ2v) is 6.35. The van der Waals surface area contributed by atoms with Gasteiger partial charge in [-0.15, -0.1) is 0 Å². The summed E-state index contributed by atoms with van der Waals surface area (Å²) in [6.45, 7) is 7.30. The number of carboxylic acids is 1. The van der Waals surface area contributed by atoms with E-state index in [0.29, 0.717) is 10.8 Å². The van der Waals surface area contributed by atoms with Gasteiger partial charge >= 0.3 is 5.97 Å². The standard InChI is InChI=1S/C15H19NO2S/c1-4-16-11(9-19-10(2)3)8-13-12(15(17)18)6-5-7-14(13)16/h5-8,10H,4,9H2,1-3H3,(H,17,18). The quantitative estimate of drug-likeness (QED) is 0.898. The fourth-order valence-electron chi connectivity index (χ4n) is 2.27. The first-order valence-electron chi connectivity index (χ1n) is 6.50. The van der Waals surface area contributed by atoms with E-state index in [1.807, 2.05) is 30.0 Å². The summed E-state index contributed by atoms with van der Waals surface area (Å²) < 4.78 is 2.21. The minimum atomic E-state index is -0.859. The lowest BCUT2D eigenvalue weighted by Crippen LogP contribution is -2.01. The van der Waals surface area contributed by atoms with Gasteiger partial charge in [0.05, 0.1) is 5.56 Å². The summed E-state index contributed by atoms with van der Waals surface area (Å²) >= 11 is 1.88. The van der Waals surface area contributed by atoms with Gasteiger partial charge in [0.2, 0.25) is 0 Å². The van der Waals surface area contributed by atoms with Crippen LogP contribution >= 0.6 is 11.8 Å². The number of aromatic carboxylic acids is 1. The highest BCUT2D eigenvalue weighted by atomic mass is 32.2. The topological polar surface area (TPSA) is 42.2 Å². The maximum absolute atomic E-state index is 11.3. The molecule has 19 heavy (non-hydrogen) atoms. The lowest BCUT2D eigenvalue weighted by molar-refractivity contribution is 0.0699. The molecule has 0 saturated heterocycles. The number of aromatic nitrogens is 1. The number of carboxylic acid groups (broad SMARTS) is 1. The molecule has 0 aliphatic carbocycles. The largest absolute Gasteiger partial charge is 0.478 e. The van der Waals surface area contributed by atoms with Crippen LogP contribution in [0.5, 0.6) is 0 Å². The van der Waals surface area contributed by atoms with E-state index in [-0.39, 0.29) is 0 Å². The van der Waals surface area contributed by atoms with Crippen LogP contribution in [0.15, 0.2) is 24.3 Å². The third-order valence-corrected chi connectivity index (χ3v) is 4.27. The van der Waals surface area contributed by atoms with Crippen molar-refractivity contribution in [2.75, 3.05) is 0 Å². The number of nitrogens with zero attached hydrogens (tertiary/aromatic N) is 1. The Morgan fingerprint density at radius 2 is 2.16 bits per heavy atom. The molecule has 0 fully saturated rings. The predicted molar refractivity (Wildman–Crippen MR) is 81.0 cm³/mol. The molecule has 102 valence electrons. The Kier molecular flexibility index (Phi) is 4.20. The first-order chi connectivity index (χ1) is 9.04. The zero-order valence-corrected chi connectivity index (χ0v) is 12.3. The molecule has 1 aromatic carbocycles. The fourth-order valence-corrected chi connectivity index (χ4v) is 3.01. The van der Waals surface area contributed by atoms with Gasteiger partial charge in [0, 0.05) is 28.9 Å². The molecule has 1 N–H and O–H groups in total. The first kappa shape index (κ1) is 14.0. The number of carbonyl (C=O) groups is 1. The summed E-state index contributed by atoms with van der Waals surface area (Å²) in [5.74, 6) is 0.0566. The van der Waals surface area contributed by atoms with Crippen molar-refractivity contribution in [2.24, 2.45) is 0 Å². The average Bonchev–Trinajstić information content (AvgIpc) is 2.73. The van der Waals surface area contributed by atoms with Gasteiger partial charge in [-0.1, -0.05) is 19.9 Å². The molecule has 2 rings (SSSR count). The van der Waals surface area contributed by atoms with E-state index in [1.54, 1.807) is 6.07 Å². The van der Waals surface area contributed by atoms with Crippen molar-refractivity contribution in [3.8, 4) is 0 Å². The van der Waals surface area contributed by atoms with Crippen LogP contribution in [0.2, 0.25) is 0 Å². The minimum absolute atomic E-state index is 0.389. The SMILES string of the molecule is CCn1c(CSC(C)C)cc2c(C(=O)O)cccc21. The first-order valence-corrected chi connectivity index (χ1v) is 7.55. The molecule has 0 aliphatic rings. The molecule has 0 unspecified atom stereocenters. The maximum atomic E-state index is 11.3. The van der Waals surface area contributed by atoms with Crippen molar-refractivity contribution in [3.63, 3.8) is 0 Å². The number of hydrogen-bond donors (Lipinski definition) is 1. The van der Waals surface area contributed by atoms with Gasteiger partial charge in [0.25, 0.3) is 0 Å². The van der Waals surface area contributed by atoms with Gasteiger partial charge in [-0.05, 0) is 30.4 Å². The summed E-state index contributed by atoms with van der Waals surface area (Å²) in [7, 11) is 0. The summed E-state index contributed by atoms with van der Waals surface area (Å²) in [4.78, 5) is 11.3. The molecule has 1 heterocycles. The predicted octanol–water partition coefficient (Wildman–Crippen LogP) is 4.00. The number of hydrogen-bond acceptors (Lipinski definition) is 2. The van der Waals surface area contributed by atoms with Gasteiger partial charge in [-0.3, -0.25) is 0 Å². The van der Waals surface area contributed by atoms with E-state index in [2.05, 4.69) is 25.3 Å². The van der Waals surface area contributed by atoms with Crippen LogP contribution in [-0.4, -0.2) is 20.9 Å². The van der Waals surface area contributed by atoms with E-state index in [1.165, 1.54) is 5.69 Å². The van der Waals surface area contributed by atoms with Gasteiger partial charge < -0.3 is 9.67 Å². The van der Waals surface area contributed by atoms with Crippen LogP contribution in [0, 0.1) is 0 Å². The Bertz CT molecular complexity index is 601. The molecular weight excluding hydrogens is 258 g/mol. The van der Waals surface area contributed by atoms with E-state index in [4.69, 9.17) is 0 Å². The molecule has 0 saturated carbocycles. The second-order valence-electron chi connectivity index (χ2n) is 4.78. The lowest BCUT2D eigenvalue weighted by Gasteiger charge is -2.09. The van der Waals surface area contributed by atoms with Crippen LogP contribution in [0.1, 0.15) is 36.8 Å². The molecule has 0 radical (unpaired) electrons.